The van der Waals surface area contributed by atoms with Crippen LogP contribution in [0.15, 0.2) is 42.2 Å². The standard InChI is InChI=1S/C39H46Cl4N4O14.2Li/c1-3-44-22-14-18(40)19(41)15-23(22)45(4-2)26(44)8-5-9-27-46(10-6-12-58-38-32(52)28(48)30(50)34(60-38)36(54)55)24-16-20(42)21(43)17-25(24)47(27)11-7-13-59-39-33(53)29(49)31(51)35(61-39)37(56)57;;/h5,8-9,14-17,28-35,38-39,48-53H,3-4,6-7,10-13H2,1-2H3,(H-,54,55,56,57);;/q;2*+1/p-1/t28-,29+,30+,31-,32?,33?,34?,35?,38-,39+;;. The molecule has 1 aromatic heterocycles. The van der Waals surface area contributed by atoms with Crippen molar-refractivity contribution in [1.29, 1.82) is 0 Å². The number of hydrogen-bond acceptors (Lipinski definition) is 16. The van der Waals surface area contributed by atoms with Crippen LogP contribution in [0.3, 0.4) is 0 Å². The van der Waals surface area contributed by atoms with Gasteiger partial charge in [0, 0.05) is 44.1 Å². The molecule has 63 heavy (non-hydrogen) atoms. The van der Waals surface area contributed by atoms with Crippen LogP contribution >= 0.6 is 46.4 Å². The van der Waals surface area contributed by atoms with Crippen molar-refractivity contribution >= 4 is 86.8 Å². The fourth-order valence-corrected chi connectivity index (χ4v) is 8.25. The molecule has 334 valence electrons. The molecule has 3 aromatic rings. The molecule has 0 saturated carbocycles. The number of imidazole rings is 1. The number of aromatic nitrogens is 2. The minimum Gasteiger partial charge on any atom is -0.547 e. The SMILES string of the molecule is CCN1C(=CC=Cc2n(CCCO[C@@H]3OC(C(=O)[O-])[C@@H](O)[C@@H](O)C3O)c3cc(Cl)c(Cl)cc3[n+]2CCCO[C@H]2OC(C(=O)[O-])[C@H](O)[C@H](O)C2O)N(CC)c2cc(Cl)c(Cl)cc21.[Li+].[Li+]. The van der Waals surface area contributed by atoms with Gasteiger partial charge in [0.05, 0.1) is 69.7 Å². The molecule has 6 N–H and O–H groups in total. The summed E-state index contributed by atoms with van der Waals surface area (Å²) in [6, 6.07) is 6.99. The number of aliphatic hydroxyl groups is 6. The second kappa shape index (κ2) is 23.1. The normalized spacial score (nSPS) is 27.1. The van der Waals surface area contributed by atoms with Crippen molar-refractivity contribution in [2.75, 3.05) is 36.1 Å². The average molecular weight is 949 g/mol. The van der Waals surface area contributed by atoms with Gasteiger partial charge in [-0.05, 0) is 32.1 Å². The maximum absolute atomic E-state index is 11.5. The van der Waals surface area contributed by atoms with Crippen LogP contribution in [-0.4, -0.2) is 135 Å². The van der Waals surface area contributed by atoms with Gasteiger partial charge in [0.25, 0.3) is 5.82 Å². The Bertz CT molecular complexity index is 2030. The number of carboxylic acid groups (broad SMARTS) is 2. The summed E-state index contributed by atoms with van der Waals surface area (Å²) >= 11 is 25.9. The molecule has 0 spiro atoms. The minimum absolute atomic E-state index is 0. The van der Waals surface area contributed by atoms with E-state index < -0.39 is 73.4 Å². The van der Waals surface area contributed by atoms with Crippen LogP contribution in [-0.2, 0) is 41.6 Å². The van der Waals surface area contributed by atoms with Crippen molar-refractivity contribution in [3.63, 3.8) is 0 Å². The van der Waals surface area contributed by atoms with Gasteiger partial charge in [-0.25, -0.2) is 9.13 Å². The maximum atomic E-state index is 11.5. The number of carbonyl (C=O) groups excluding carboxylic acids is 2. The molecule has 18 nitrogen and oxygen atoms in total. The number of benzene rings is 2. The zero-order chi connectivity index (χ0) is 44.4. The monoisotopic (exact) mass is 947 g/mol. The number of halogens is 4. The zero-order valence-corrected chi connectivity index (χ0v) is 37.7. The van der Waals surface area contributed by atoms with E-state index in [4.69, 9.17) is 65.4 Å². The molecule has 24 heteroatoms. The van der Waals surface area contributed by atoms with Crippen molar-refractivity contribution in [2.45, 2.75) is 101 Å². The molecule has 10 atom stereocenters. The molecule has 3 aliphatic heterocycles. The van der Waals surface area contributed by atoms with E-state index in [9.17, 15) is 50.4 Å². The molecule has 0 aliphatic carbocycles. The maximum Gasteiger partial charge on any atom is 1.00 e. The van der Waals surface area contributed by atoms with Crippen LogP contribution < -0.4 is 62.3 Å². The Morgan fingerprint density at radius 3 is 1.65 bits per heavy atom. The van der Waals surface area contributed by atoms with E-state index in [1.807, 2.05) is 53.3 Å². The summed E-state index contributed by atoms with van der Waals surface area (Å²) in [4.78, 5) is 27.2. The van der Waals surface area contributed by atoms with Crippen molar-refractivity contribution in [3.8, 4) is 0 Å². The number of carboxylic acids is 2. The van der Waals surface area contributed by atoms with E-state index in [1.54, 1.807) is 12.1 Å². The molecule has 0 amide bonds. The second-order valence-electron chi connectivity index (χ2n) is 14.4. The van der Waals surface area contributed by atoms with Gasteiger partial charge >= 0.3 is 37.7 Å². The Morgan fingerprint density at radius 1 is 0.714 bits per heavy atom. The fourth-order valence-electron chi connectivity index (χ4n) is 7.62. The van der Waals surface area contributed by atoms with Crippen molar-refractivity contribution in [1.82, 2.24) is 4.57 Å². The largest absolute Gasteiger partial charge is 1.00 e. The van der Waals surface area contributed by atoms with Gasteiger partial charge < -0.3 is 79.2 Å². The number of fused-ring (bicyclic) bond motifs is 2. The number of aliphatic carboxylic acids is 2. The van der Waals surface area contributed by atoms with Gasteiger partial charge in [-0.2, -0.15) is 0 Å². The first-order valence-electron chi connectivity index (χ1n) is 19.4. The Morgan fingerprint density at radius 2 is 1.17 bits per heavy atom. The molecule has 2 fully saturated rings. The third kappa shape index (κ3) is 11.2. The van der Waals surface area contributed by atoms with Crippen LogP contribution in [0.5, 0.6) is 0 Å². The van der Waals surface area contributed by atoms with E-state index in [1.165, 1.54) is 0 Å². The summed E-state index contributed by atoms with van der Waals surface area (Å²) in [6.07, 6.45) is -12.1. The molecular weight excluding hydrogens is 904 g/mol. The van der Waals surface area contributed by atoms with E-state index in [-0.39, 0.29) is 86.9 Å². The van der Waals surface area contributed by atoms with Gasteiger partial charge in [-0.3, -0.25) is 0 Å². The number of anilines is 2. The number of rotatable bonds is 16. The molecule has 6 rings (SSSR count). The van der Waals surface area contributed by atoms with Gasteiger partial charge in [0.1, 0.15) is 54.7 Å². The van der Waals surface area contributed by atoms with Crippen LogP contribution in [0.4, 0.5) is 11.4 Å². The summed E-state index contributed by atoms with van der Waals surface area (Å²) in [5.41, 5.74) is 3.03. The summed E-state index contributed by atoms with van der Waals surface area (Å²) < 4.78 is 25.6. The van der Waals surface area contributed by atoms with Crippen molar-refractivity contribution in [3.05, 3.63) is 68.2 Å². The average Bonchev–Trinajstić information content (AvgIpc) is 3.66. The number of carbonyl (C=O) groups is 2. The molecule has 4 unspecified atom stereocenters. The van der Waals surface area contributed by atoms with Gasteiger partial charge in [-0.1, -0.05) is 52.5 Å². The third-order valence-corrected chi connectivity index (χ3v) is 12.1. The number of aliphatic hydroxyl groups excluding tert-OH is 6. The first-order chi connectivity index (χ1) is 29.0. The van der Waals surface area contributed by atoms with Gasteiger partial charge in [-0.15, -0.1) is 0 Å². The first kappa shape index (κ1) is 53.5. The van der Waals surface area contributed by atoms with E-state index in [0.717, 1.165) is 17.2 Å². The number of nitrogens with zero attached hydrogens (tertiary/aromatic N) is 4. The molecule has 2 aromatic carbocycles. The quantitative estimate of drug-likeness (QED) is 0.0444. The third-order valence-electron chi connectivity index (χ3n) is 10.6. The minimum atomic E-state index is -1.94. The summed E-state index contributed by atoms with van der Waals surface area (Å²) in [5.74, 6) is -2.12. The Labute approximate surface area is 406 Å². The van der Waals surface area contributed by atoms with Crippen LogP contribution in [0, 0.1) is 0 Å². The summed E-state index contributed by atoms with van der Waals surface area (Å²) in [5, 5.41) is 85.7. The molecule has 4 heterocycles. The molecule has 0 bridgehead atoms. The Balaban J connectivity index is 0.00000436. The molecule has 3 aliphatic rings. The smallest absolute Gasteiger partial charge is 0.547 e. The zero-order valence-electron chi connectivity index (χ0n) is 34.7. The number of aryl methyl sites for hydroxylation is 2. The van der Waals surface area contributed by atoms with E-state index >= 15 is 0 Å². The van der Waals surface area contributed by atoms with Crippen molar-refractivity contribution < 1.29 is 112 Å². The summed E-state index contributed by atoms with van der Waals surface area (Å²) in [6.45, 7) is 5.49. The van der Waals surface area contributed by atoms with E-state index in [0.29, 0.717) is 40.0 Å². The Hall–Kier alpha value is -2.12. The molecule has 0 radical (unpaired) electrons. The second-order valence-corrected chi connectivity index (χ2v) is 16.1. The molecule has 2 saturated heterocycles. The summed E-state index contributed by atoms with van der Waals surface area (Å²) in [7, 11) is 0. The van der Waals surface area contributed by atoms with Gasteiger partial charge in [0.15, 0.2) is 23.6 Å². The van der Waals surface area contributed by atoms with Crippen LogP contribution in [0.1, 0.15) is 32.5 Å². The van der Waals surface area contributed by atoms with Crippen LogP contribution in [0.2, 0.25) is 20.1 Å². The van der Waals surface area contributed by atoms with E-state index in [2.05, 4.69) is 9.80 Å². The predicted octanol–water partition coefficient (Wildman–Crippen LogP) is -6.30. The van der Waals surface area contributed by atoms with Crippen molar-refractivity contribution in [2.24, 2.45) is 0 Å². The number of allylic oxidation sites excluding steroid dienone is 2. The molecular formula is C39H45Cl4Li2N4O14+. The number of hydrogen-bond donors (Lipinski definition) is 6. The topological polar surface area (TPSA) is 254 Å². The first-order valence-corrected chi connectivity index (χ1v) is 20.9. The Kier molecular flexibility index (Phi) is 19.6. The number of ether oxygens (including phenoxy) is 4. The fraction of sp³-hybridized carbons (Fsp3) is 0.513. The van der Waals surface area contributed by atoms with Crippen LogP contribution in [0.25, 0.3) is 17.1 Å². The van der Waals surface area contributed by atoms with Gasteiger partial charge in [0.2, 0.25) is 0 Å². The predicted molar refractivity (Wildman–Crippen MR) is 216 cm³/mol.